The second-order valence-corrected chi connectivity index (χ2v) is 6.41. The third kappa shape index (κ3) is 3.24. The summed E-state index contributed by atoms with van der Waals surface area (Å²) in [6, 6.07) is 9.91. The highest BCUT2D eigenvalue weighted by atomic mass is 15.0. The quantitative estimate of drug-likeness (QED) is 0.792. The highest BCUT2D eigenvalue weighted by Crippen LogP contribution is 2.22. The van der Waals surface area contributed by atoms with Gasteiger partial charge in [0.1, 0.15) is 0 Å². The molecule has 3 rings (SSSR count). The first-order chi connectivity index (χ1) is 9.76. The van der Waals surface area contributed by atoms with Gasteiger partial charge in [0.25, 0.3) is 0 Å². The van der Waals surface area contributed by atoms with Crippen molar-refractivity contribution in [2.45, 2.75) is 58.7 Å². The molecule has 108 valence electrons. The number of aromatic nitrogens is 1. The summed E-state index contributed by atoms with van der Waals surface area (Å²) in [5.41, 5.74) is 2.80. The molecule has 2 nitrogen and oxygen atoms in total. The Morgan fingerprint density at radius 1 is 1.30 bits per heavy atom. The smallest absolute Gasteiger partial charge is 0.0483 e. The van der Waals surface area contributed by atoms with E-state index in [9.17, 15) is 0 Å². The van der Waals surface area contributed by atoms with E-state index >= 15 is 0 Å². The zero-order valence-electron chi connectivity index (χ0n) is 12.7. The molecule has 0 bridgehead atoms. The van der Waals surface area contributed by atoms with E-state index in [1.54, 1.807) is 0 Å². The van der Waals surface area contributed by atoms with E-state index in [-0.39, 0.29) is 0 Å². The predicted octanol–water partition coefficient (Wildman–Crippen LogP) is 4.33. The van der Waals surface area contributed by atoms with Crippen molar-refractivity contribution in [3.05, 3.63) is 36.0 Å². The zero-order valence-corrected chi connectivity index (χ0v) is 12.7. The van der Waals surface area contributed by atoms with Crippen LogP contribution in [0.25, 0.3) is 10.9 Å². The van der Waals surface area contributed by atoms with Gasteiger partial charge in [-0.2, -0.15) is 0 Å². The van der Waals surface area contributed by atoms with E-state index < -0.39 is 0 Å². The Bertz CT molecular complexity index is 566. The average Bonchev–Trinajstić information content (AvgIpc) is 3.19. The number of nitrogens with one attached hydrogen (secondary N) is 1. The Labute approximate surface area is 122 Å². The fraction of sp³-hybridized carbons (Fsp3) is 0.556. The number of benzene rings is 1. The van der Waals surface area contributed by atoms with Gasteiger partial charge in [-0.3, -0.25) is 0 Å². The van der Waals surface area contributed by atoms with E-state index in [4.69, 9.17) is 0 Å². The molecule has 2 aromatic rings. The van der Waals surface area contributed by atoms with Crippen LogP contribution in [0.5, 0.6) is 0 Å². The summed E-state index contributed by atoms with van der Waals surface area (Å²) < 4.78 is 2.43. The first kappa shape index (κ1) is 13.7. The Morgan fingerprint density at radius 3 is 2.90 bits per heavy atom. The summed E-state index contributed by atoms with van der Waals surface area (Å²) >= 11 is 0. The number of hydrogen-bond acceptors (Lipinski definition) is 1. The molecule has 1 aliphatic carbocycles. The Kier molecular flexibility index (Phi) is 4.11. The van der Waals surface area contributed by atoms with Crippen LogP contribution in [-0.2, 0) is 13.1 Å². The molecule has 0 spiro atoms. The second-order valence-electron chi connectivity index (χ2n) is 6.41. The molecular weight excluding hydrogens is 244 g/mol. The molecule has 1 fully saturated rings. The molecule has 1 N–H and O–H groups in total. The molecule has 1 heterocycles. The number of fused-ring (bicyclic) bond motifs is 1. The monoisotopic (exact) mass is 270 g/mol. The van der Waals surface area contributed by atoms with E-state index in [2.05, 4.69) is 54.2 Å². The van der Waals surface area contributed by atoms with Crippen molar-refractivity contribution in [2.24, 2.45) is 5.92 Å². The third-order valence-corrected chi connectivity index (χ3v) is 4.30. The molecular formula is C18H26N2. The summed E-state index contributed by atoms with van der Waals surface area (Å²) in [6.07, 6.45) is 7.54. The molecule has 1 saturated carbocycles. The van der Waals surface area contributed by atoms with Crippen LogP contribution in [-0.4, -0.2) is 10.6 Å². The summed E-state index contributed by atoms with van der Waals surface area (Å²) in [4.78, 5) is 0. The second kappa shape index (κ2) is 6.01. The Morgan fingerprint density at radius 2 is 2.15 bits per heavy atom. The van der Waals surface area contributed by atoms with Crippen LogP contribution in [0.15, 0.2) is 30.5 Å². The summed E-state index contributed by atoms with van der Waals surface area (Å²) in [5.74, 6) is 0.754. The van der Waals surface area contributed by atoms with E-state index in [1.165, 1.54) is 42.1 Å². The van der Waals surface area contributed by atoms with Gasteiger partial charge in [0.2, 0.25) is 0 Å². The number of nitrogens with zero attached hydrogens (tertiary/aromatic N) is 1. The van der Waals surface area contributed by atoms with Gasteiger partial charge in [-0.1, -0.05) is 32.4 Å². The van der Waals surface area contributed by atoms with Gasteiger partial charge in [0.15, 0.2) is 0 Å². The number of rotatable bonds is 7. The molecule has 0 radical (unpaired) electrons. The maximum absolute atomic E-state index is 3.60. The van der Waals surface area contributed by atoms with Gasteiger partial charge >= 0.3 is 0 Å². The van der Waals surface area contributed by atoms with Crippen molar-refractivity contribution < 1.29 is 0 Å². The molecule has 1 aliphatic rings. The highest BCUT2D eigenvalue weighted by molar-refractivity contribution is 5.80. The van der Waals surface area contributed by atoms with Gasteiger partial charge in [-0.25, -0.2) is 0 Å². The van der Waals surface area contributed by atoms with Gasteiger partial charge < -0.3 is 9.88 Å². The normalized spacial score (nSPS) is 16.7. The Balaban J connectivity index is 1.75. The minimum Gasteiger partial charge on any atom is -0.347 e. The van der Waals surface area contributed by atoms with Crippen LogP contribution in [0.1, 0.15) is 45.1 Å². The maximum Gasteiger partial charge on any atom is 0.0483 e. The van der Waals surface area contributed by atoms with Gasteiger partial charge in [-0.15, -0.1) is 0 Å². The van der Waals surface area contributed by atoms with Crippen molar-refractivity contribution in [1.82, 2.24) is 9.88 Å². The third-order valence-electron chi connectivity index (χ3n) is 4.30. The summed E-state index contributed by atoms with van der Waals surface area (Å²) in [7, 11) is 0. The van der Waals surface area contributed by atoms with Crippen molar-refractivity contribution in [2.75, 3.05) is 0 Å². The van der Waals surface area contributed by atoms with Crippen LogP contribution in [0.3, 0.4) is 0 Å². The zero-order chi connectivity index (χ0) is 13.9. The van der Waals surface area contributed by atoms with Crippen molar-refractivity contribution in [3.8, 4) is 0 Å². The molecule has 0 amide bonds. The molecule has 1 atom stereocenters. The molecule has 20 heavy (non-hydrogen) atoms. The van der Waals surface area contributed by atoms with Gasteiger partial charge in [0.05, 0.1) is 0 Å². The average molecular weight is 270 g/mol. The van der Waals surface area contributed by atoms with Crippen LogP contribution >= 0.6 is 0 Å². The lowest BCUT2D eigenvalue weighted by Gasteiger charge is -2.13. The minimum absolute atomic E-state index is 0.754. The van der Waals surface area contributed by atoms with Crippen molar-refractivity contribution in [1.29, 1.82) is 0 Å². The molecule has 0 aliphatic heterocycles. The molecule has 1 unspecified atom stereocenters. The van der Waals surface area contributed by atoms with Gasteiger partial charge in [0, 0.05) is 30.8 Å². The number of hydrogen-bond donors (Lipinski definition) is 1. The lowest BCUT2D eigenvalue weighted by atomic mass is 10.1. The van der Waals surface area contributed by atoms with Crippen LogP contribution in [0.2, 0.25) is 0 Å². The summed E-state index contributed by atoms with van der Waals surface area (Å²) in [5, 5.41) is 4.97. The first-order valence-corrected chi connectivity index (χ1v) is 8.07. The lowest BCUT2D eigenvalue weighted by Crippen LogP contribution is -2.15. The van der Waals surface area contributed by atoms with E-state index in [0.29, 0.717) is 0 Å². The minimum atomic E-state index is 0.754. The van der Waals surface area contributed by atoms with Crippen molar-refractivity contribution in [3.63, 3.8) is 0 Å². The Hall–Kier alpha value is -1.28. The van der Waals surface area contributed by atoms with Crippen LogP contribution < -0.4 is 5.32 Å². The highest BCUT2D eigenvalue weighted by Gasteiger charge is 2.19. The van der Waals surface area contributed by atoms with Crippen LogP contribution in [0.4, 0.5) is 0 Å². The fourth-order valence-corrected chi connectivity index (χ4v) is 2.97. The maximum atomic E-state index is 3.60. The largest absolute Gasteiger partial charge is 0.347 e. The van der Waals surface area contributed by atoms with Crippen molar-refractivity contribution >= 4 is 10.9 Å². The molecule has 0 saturated heterocycles. The van der Waals surface area contributed by atoms with Crippen LogP contribution in [0, 0.1) is 5.92 Å². The SMILES string of the molecule is CCCC(C)Cn1ccc2ccc(CNC3CC3)cc21. The molecule has 1 aromatic carbocycles. The fourth-order valence-electron chi connectivity index (χ4n) is 2.97. The molecule has 1 aromatic heterocycles. The van der Waals surface area contributed by atoms with E-state index in [0.717, 1.165) is 25.0 Å². The predicted molar refractivity (Wildman–Crippen MR) is 85.9 cm³/mol. The topological polar surface area (TPSA) is 17.0 Å². The first-order valence-electron chi connectivity index (χ1n) is 8.07. The standard InChI is InChI=1S/C18H26N2/c1-3-4-14(2)13-20-10-9-16-6-5-15(11-18(16)20)12-19-17-7-8-17/h5-6,9-11,14,17,19H,3-4,7-8,12-13H2,1-2H3. The van der Waals surface area contributed by atoms with Gasteiger partial charge in [-0.05, 0) is 48.3 Å². The molecule has 2 heteroatoms. The van der Waals surface area contributed by atoms with E-state index in [1.807, 2.05) is 0 Å². The lowest BCUT2D eigenvalue weighted by molar-refractivity contribution is 0.453. The summed E-state index contributed by atoms with van der Waals surface area (Å²) in [6.45, 7) is 6.77.